The van der Waals surface area contributed by atoms with E-state index < -0.39 is 4.92 Å². The quantitative estimate of drug-likeness (QED) is 0.651. The van der Waals surface area contributed by atoms with Crippen molar-refractivity contribution in [3.63, 3.8) is 0 Å². The fourth-order valence-corrected chi connectivity index (χ4v) is 2.24. The predicted molar refractivity (Wildman–Crippen MR) is 79.2 cm³/mol. The molecule has 2 aromatic rings. The first-order valence-corrected chi connectivity index (χ1v) is 6.72. The third-order valence-electron chi connectivity index (χ3n) is 2.88. The van der Waals surface area contributed by atoms with Crippen molar-refractivity contribution >= 4 is 27.3 Å². The molecule has 1 unspecified atom stereocenters. The highest BCUT2D eigenvalue weighted by Crippen LogP contribution is 2.31. The molecule has 0 aliphatic heterocycles. The van der Waals surface area contributed by atoms with Gasteiger partial charge in [0.15, 0.2) is 0 Å². The Hall–Kier alpha value is -1.95. The summed E-state index contributed by atoms with van der Waals surface area (Å²) < 4.78 is 13.9. The van der Waals surface area contributed by atoms with Gasteiger partial charge in [-0.2, -0.15) is 0 Å². The minimum absolute atomic E-state index is 0.0172. The van der Waals surface area contributed by atoms with Crippen LogP contribution in [0.5, 0.6) is 0 Å². The third-order valence-corrected chi connectivity index (χ3v) is 3.37. The first kappa shape index (κ1) is 14.5. The summed E-state index contributed by atoms with van der Waals surface area (Å²) in [4.78, 5) is 10.5. The SMILES string of the molecule is CC(Nc1cc(Br)ccc1[N+](=O)[O-])c1cccc(F)c1. The summed E-state index contributed by atoms with van der Waals surface area (Å²) in [6.07, 6.45) is 0. The number of halogens is 2. The minimum atomic E-state index is -0.451. The van der Waals surface area contributed by atoms with E-state index in [-0.39, 0.29) is 17.5 Å². The van der Waals surface area contributed by atoms with E-state index in [1.807, 2.05) is 6.92 Å². The van der Waals surface area contributed by atoms with Crippen molar-refractivity contribution in [2.24, 2.45) is 0 Å². The normalized spacial score (nSPS) is 11.9. The Labute approximate surface area is 123 Å². The van der Waals surface area contributed by atoms with Gasteiger partial charge < -0.3 is 5.32 Å². The van der Waals surface area contributed by atoms with Gasteiger partial charge in [0.2, 0.25) is 0 Å². The van der Waals surface area contributed by atoms with Crippen LogP contribution in [0.15, 0.2) is 46.9 Å². The molecule has 0 aliphatic rings. The van der Waals surface area contributed by atoms with Crippen molar-refractivity contribution in [2.45, 2.75) is 13.0 Å². The lowest BCUT2D eigenvalue weighted by Crippen LogP contribution is -2.08. The molecule has 0 fully saturated rings. The number of anilines is 1. The summed E-state index contributed by atoms with van der Waals surface area (Å²) in [5.41, 5.74) is 1.09. The molecule has 0 radical (unpaired) electrons. The number of benzene rings is 2. The van der Waals surface area contributed by atoms with Gasteiger partial charge in [-0.3, -0.25) is 10.1 Å². The molecule has 0 spiro atoms. The fraction of sp³-hybridized carbons (Fsp3) is 0.143. The van der Waals surface area contributed by atoms with Crippen LogP contribution in [0.2, 0.25) is 0 Å². The summed E-state index contributed by atoms with van der Waals surface area (Å²) >= 11 is 3.28. The van der Waals surface area contributed by atoms with Crippen LogP contribution in [0.25, 0.3) is 0 Å². The van der Waals surface area contributed by atoms with Gasteiger partial charge in [-0.05, 0) is 36.8 Å². The van der Waals surface area contributed by atoms with Crippen LogP contribution in [-0.4, -0.2) is 4.92 Å². The van der Waals surface area contributed by atoms with E-state index >= 15 is 0 Å². The highest BCUT2D eigenvalue weighted by Gasteiger charge is 2.16. The monoisotopic (exact) mass is 338 g/mol. The Bertz CT molecular complexity index is 649. The summed E-state index contributed by atoms with van der Waals surface area (Å²) in [6, 6.07) is 10.6. The summed E-state index contributed by atoms with van der Waals surface area (Å²) in [5.74, 6) is -0.333. The number of nitro benzene ring substituents is 1. The van der Waals surface area contributed by atoms with Gasteiger partial charge in [0.1, 0.15) is 11.5 Å². The fourth-order valence-electron chi connectivity index (χ4n) is 1.88. The lowest BCUT2D eigenvalue weighted by Gasteiger charge is -2.16. The molecule has 4 nitrogen and oxygen atoms in total. The van der Waals surface area contributed by atoms with Gasteiger partial charge in [-0.1, -0.05) is 28.1 Å². The highest BCUT2D eigenvalue weighted by atomic mass is 79.9. The Morgan fingerprint density at radius 1 is 1.30 bits per heavy atom. The number of nitrogens with zero attached hydrogens (tertiary/aromatic N) is 1. The van der Waals surface area contributed by atoms with E-state index in [1.165, 1.54) is 18.2 Å². The summed E-state index contributed by atoms with van der Waals surface area (Å²) in [5, 5.41) is 14.0. The summed E-state index contributed by atoms with van der Waals surface area (Å²) in [7, 11) is 0. The minimum Gasteiger partial charge on any atom is -0.373 e. The number of nitrogens with one attached hydrogen (secondary N) is 1. The van der Waals surface area contributed by atoms with Crippen molar-refractivity contribution in [1.82, 2.24) is 0 Å². The van der Waals surface area contributed by atoms with Gasteiger partial charge >= 0.3 is 0 Å². The largest absolute Gasteiger partial charge is 0.373 e. The van der Waals surface area contributed by atoms with E-state index in [1.54, 1.807) is 24.3 Å². The van der Waals surface area contributed by atoms with Crippen LogP contribution in [0, 0.1) is 15.9 Å². The molecule has 0 bridgehead atoms. The highest BCUT2D eigenvalue weighted by molar-refractivity contribution is 9.10. The number of hydrogen-bond donors (Lipinski definition) is 1. The number of rotatable bonds is 4. The molecule has 6 heteroatoms. The van der Waals surface area contributed by atoms with Gasteiger partial charge in [-0.25, -0.2) is 4.39 Å². The maximum Gasteiger partial charge on any atom is 0.292 e. The van der Waals surface area contributed by atoms with E-state index in [0.29, 0.717) is 5.69 Å². The number of nitro groups is 1. The zero-order valence-corrected chi connectivity index (χ0v) is 12.2. The van der Waals surface area contributed by atoms with Crippen LogP contribution in [-0.2, 0) is 0 Å². The van der Waals surface area contributed by atoms with Crippen LogP contribution < -0.4 is 5.32 Å². The molecule has 0 amide bonds. The molecule has 20 heavy (non-hydrogen) atoms. The second-order valence-electron chi connectivity index (χ2n) is 4.34. The summed E-state index contributed by atoms with van der Waals surface area (Å²) in [6.45, 7) is 1.82. The first-order valence-electron chi connectivity index (χ1n) is 5.93. The molecule has 104 valence electrons. The Morgan fingerprint density at radius 3 is 2.70 bits per heavy atom. The molecule has 0 aliphatic carbocycles. The van der Waals surface area contributed by atoms with Crippen molar-refractivity contribution in [3.05, 3.63) is 68.4 Å². The van der Waals surface area contributed by atoms with Crippen LogP contribution in [0.4, 0.5) is 15.8 Å². The Balaban J connectivity index is 2.29. The predicted octanol–water partition coefficient (Wildman–Crippen LogP) is 4.67. The van der Waals surface area contributed by atoms with E-state index in [0.717, 1.165) is 10.0 Å². The smallest absolute Gasteiger partial charge is 0.292 e. The first-order chi connectivity index (χ1) is 9.47. The molecule has 0 saturated heterocycles. The maximum atomic E-state index is 13.2. The van der Waals surface area contributed by atoms with Gasteiger partial charge in [-0.15, -0.1) is 0 Å². The lowest BCUT2D eigenvalue weighted by atomic mass is 10.1. The molecule has 1 atom stereocenters. The molecular weight excluding hydrogens is 327 g/mol. The maximum absolute atomic E-state index is 13.2. The molecule has 0 saturated carbocycles. The Kier molecular flexibility index (Phi) is 4.34. The zero-order valence-electron chi connectivity index (χ0n) is 10.6. The van der Waals surface area contributed by atoms with Gasteiger partial charge in [0, 0.05) is 16.6 Å². The van der Waals surface area contributed by atoms with Crippen LogP contribution in [0.3, 0.4) is 0 Å². The number of hydrogen-bond acceptors (Lipinski definition) is 3. The molecule has 2 aromatic carbocycles. The standard InChI is InChI=1S/C14H12BrFN2O2/c1-9(10-3-2-4-12(16)7-10)17-13-8-11(15)5-6-14(13)18(19)20/h2-9,17H,1H3. The van der Waals surface area contributed by atoms with Crippen molar-refractivity contribution < 1.29 is 9.31 Å². The van der Waals surface area contributed by atoms with E-state index in [2.05, 4.69) is 21.2 Å². The molecule has 0 heterocycles. The Morgan fingerprint density at radius 2 is 2.05 bits per heavy atom. The van der Waals surface area contributed by atoms with E-state index in [4.69, 9.17) is 0 Å². The van der Waals surface area contributed by atoms with Crippen molar-refractivity contribution in [2.75, 3.05) is 5.32 Å². The van der Waals surface area contributed by atoms with Gasteiger partial charge in [0.05, 0.1) is 4.92 Å². The van der Waals surface area contributed by atoms with Crippen LogP contribution in [0.1, 0.15) is 18.5 Å². The zero-order chi connectivity index (χ0) is 14.7. The average molecular weight is 339 g/mol. The molecule has 0 aromatic heterocycles. The second kappa shape index (κ2) is 6.00. The second-order valence-corrected chi connectivity index (χ2v) is 5.26. The molecular formula is C14H12BrFN2O2. The van der Waals surface area contributed by atoms with Crippen molar-refractivity contribution in [3.8, 4) is 0 Å². The third kappa shape index (κ3) is 3.33. The topological polar surface area (TPSA) is 55.2 Å². The molecule has 2 rings (SSSR count). The van der Waals surface area contributed by atoms with Crippen LogP contribution >= 0.6 is 15.9 Å². The van der Waals surface area contributed by atoms with Crippen molar-refractivity contribution in [1.29, 1.82) is 0 Å². The molecule has 1 N–H and O–H groups in total. The average Bonchev–Trinajstić information content (AvgIpc) is 2.38. The van der Waals surface area contributed by atoms with Gasteiger partial charge in [0.25, 0.3) is 5.69 Å². The lowest BCUT2D eigenvalue weighted by molar-refractivity contribution is -0.384. The van der Waals surface area contributed by atoms with E-state index in [9.17, 15) is 14.5 Å².